The van der Waals surface area contributed by atoms with Crippen molar-refractivity contribution in [1.29, 1.82) is 0 Å². The van der Waals surface area contributed by atoms with Gasteiger partial charge in [0.15, 0.2) is 0 Å². The number of carbonyl (C=O) groups excluding carboxylic acids is 2. The molecule has 0 bridgehead atoms. The highest BCUT2D eigenvalue weighted by atomic mass is 16.5. The molecular formula is C45H50N2O4. The Morgan fingerprint density at radius 3 is 1.88 bits per heavy atom. The lowest BCUT2D eigenvalue weighted by Crippen LogP contribution is -2.39. The molecule has 6 heteroatoms. The summed E-state index contributed by atoms with van der Waals surface area (Å²) in [7, 11) is 0. The maximum absolute atomic E-state index is 12.1. The summed E-state index contributed by atoms with van der Waals surface area (Å²) in [5.41, 5.74) is 6.34. The van der Waals surface area contributed by atoms with Crippen LogP contribution in [-0.4, -0.2) is 25.0 Å². The topological polar surface area (TPSA) is 76.7 Å². The number of ether oxygens (including phenoxy) is 2. The summed E-state index contributed by atoms with van der Waals surface area (Å²) in [5.74, 6) is 0.897. The van der Waals surface area contributed by atoms with Crippen LogP contribution in [0.1, 0.15) is 72.3 Å². The fourth-order valence-corrected chi connectivity index (χ4v) is 6.11. The van der Waals surface area contributed by atoms with E-state index in [0.29, 0.717) is 25.2 Å². The van der Waals surface area contributed by atoms with Gasteiger partial charge in [0, 0.05) is 13.0 Å². The summed E-state index contributed by atoms with van der Waals surface area (Å²) in [4.78, 5) is 23.5. The number of aryl methyl sites for hydroxylation is 2. The van der Waals surface area contributed by atoms with E-state index in [1.807, 2.05) is 91.0 Å². The second kappa shape index (κ2) is 21.1. The number of hydrogen-bond acceptors (Lipinski definition) is 5. The highest BCUT2D eigenvalue weighted by Crippen LogP contribution is 2.28. The van der Waals surface area contributed by atoms with Gasteiger partial charge in [-0.15, -0.1) is 0 Å². The number of hydrogen-bond donors (Lipinski definition) is 2. The molecule has 1 aliphatic heterocycles. The van der Waals surface area contributed by atoms with Crippen LogP contribution in [0.4, 0.5) is 0 Å². The molecule has 0 aromatic heterocycles. The van der Waals surface area contributed by atoms with Gasteiger partial charge in [0.25, 0.3) is 0 Å². The summed E-state index contributed by atoms with van der Waals surface area (Å²) in [6.07, 6.45) is 8.36. The monoisotopic (exact) mass is 682 g/mol. The predicted molar refractivity (Wildman–Crippen MR) is 205 cm³/mol. The molecule has 1 atom stereocenters. The van der Waals surface area contributed by atoms with Gasteiger partial charge >= 0.3 is 0 Å². The molecule has 7 rings (SSSR count). The van der Waals surface area contributed by atoms with Crippen LogP contribution in [0.3, 0.4) is 0 Å². The lowest BCUT2D eigenvalue weighted by atomic mass is 9.90. The van der Waals surface area contributed by atoms with E-state index in [4.69, 9.17) is 9.47 Å². The molecule has 2 amide bonds. The van der Waals surface area contributed by atoms with Crippen LogP contribution in [0.15, 0.2) is 140 Å². The Bertz CT molecular complexity index is 1690. The molecule has 5 aromatic carbocycles. The van der Waals surface area contributed by atoms with Crippen molar-refractivity contribution in [3.8, 4) is 11.5 Å². The van der Waals surface area contributed by atoms with Gasteiger partial charge in [-0.3, -0.25) is 14.9 Å². The second-order valence-electron chi connectivity index (χ2n) is 12.9. The third-order valence-electron chi connectivity index (χ3n) is 8.94. The molecule has 0 radical (unpaired) electrons. The first kappa shape index (κ1) is 37.1. The molecular weight excluding hydrogens is 633 g/mol. The van der Waals surface area contributed by atoms with E-state index in [1.165, 1.54) is 31.2 Å². The molecule has 1 saturated heterocycles. The van der Waals surface area contributed by atoms with Crippen LogP contribution in [-0.2, 0) is 35.6 Å². The van der Waals surface area contributed by atoms with E-state index < -0.39 is 0 Å². The van der Waals surface area contributed by atoms with Crippen LogP contribution >= 0.6 is 0 Å². The molecule has 1 fully saturated rings. The van der Waals surface area contributed by atoms with Gasteiger partial charge in [0.2, 0.25) is 11.8 Å². The van der Waals surface area contributed by atoms with Gasteiger partial charge in [-0.05, 0) is 104 Å². The van der Waals surface area contributed by atoms with E-state index in [9.17, 15) is 9.59 Å². The Balaban J connectivity index is 0.000000255. The number of imide groups is 1. The normalized spacial score (nSPS) is 14.8. The molecule has 0 saturated carbocycles. The summed E-state index contributed by atoms with van der Waals surface area (Å²) in [6.45, 7) is 2.96. The molecule has 6 nitrogen and oxygen atoms in total. The molecule has 1 aliphatic carbocycles. The first-order valence-corrected chi connectivity index (χ1v) is 18.2. The zero-order valence-electron chi connectivity index (χ0n) is 29.5. The van der Waals surface area contributed by atoms with Crippen molar-refractivity contribution in [1.82, 2.24) is 10.6 Å². The van der Waals surface area contributed by atoms with Crippen molar-refractivity contribution in [3.63, 3.8) is 0 Å². The molecule has 5 aromatic rings. The van der Waals surface area contributed by atoms with Crippen molar-refractivity contribution in [2.45, 2.75) is 70.4 Å². The van der Waals surface area contributed by atoms with Crippen molar-refractivity contribution in [3.05, 3.63) is 167 Å². The number of benzene rings is 5. The quantitative estimate of drug-likeness (QED) is 0.102. The third kappa shape index (κ3) is 13.2. The Hall–Kier alpha value is -5.20. The van der Waals surface area contributed by atoms with E-state index in [2.05, 4.69) is 59.2 Å². The van der Waals surface area contributed by atoms with E-state index in [0.717, 1.165) is 49.4 Å². The number of para-hydroxylation sites is 1. The maximum atomic E-state index is 12.1. The van der Waals surface area contributed by atoms with Crippen LogP contribution < -0.4 is 20.1 Å². The molecule has 0 spiro atoms. The average Bonchev–Trinajstić information content (AvgIpc) is 3.19. The Labute approximate surface area is 303 Å². The minimum atomic E-state index is -0.306. The Kier molecular flexibility index (Phi) is 15.3. The largest absolute Gasteiger partial charge is 0.494 e. The van der Waals surface area contributed by atoms with Gasteiger partial charge in [-0.2, -0.15) is 0 Å². The van der Waals surface area contributed by atoms with Gasteiger partial charge in [-0.25, -0.2) is 0 Å². The van der Waals surface area contributed by atoms with Crippen molar-refractivity contribution < 1.29 is 19.1 Å². The molecule has 1 heterocycles. The number of unbranched alkanes of at least 4 members (excludes halogenated alkanes) is 1. The van der Waals surface area contributed by atoms with Crippen LogP contribution in [0.5, 0.6) is 11.5 Å². The highest BCUT2D eigenvalue weighted by molar-refractivity contribution is 6.00. The maximum Gasteiger partial charge on any atom is 0.234 e. The zero-order chi connectivity index (χ0) is 35.4. The van der Waals surface area contributed by atoms with Gasteiger partial charge < -0.3 is 14.8 Å². The van der Waals surface area contributed by atoms with Crippen LogP contribution in [0.25, 0.3) is 0 Å². The van der Waals surface area contributed by atoms with E-state index in [-0.39, 0.29) is 17.7 Å². The van der Waals surface area contributed by atoms with Gasteiger partial charge in [0.05, 0.1) is 12.5 Å². The highest BCUT2D eigenvalue weighted by Gasteiger charge is 2.28. The number of amides is 2. The first-order valence-electron chi connectivity index (χ1n) is 18.2. The average molecular weight is 683 g/mol. The number of carbonyl (C=O) groups is 2. The third-order valence-corrected chi connectivity index (χ3v) is 8.94. The lowest BCUT2D eigenvalue weighted by molar-refractivity contribution is -0.134. The Morgan fingerprint density at radius 2 is 1.22 bits per heavy atom. The number of piperidine rings is 1. The molecule has 264 valence electrons. The predicted octanol–water partition coefficient (Wildman–Crippen LogP) is 8.99. The smallest absolute Gasteiger partial charge is 0.234 e. The molecule has 1 unspecified atom stereocenters. The fourth-order valence-electron chi connectivity index (χ4n) is 6.11. The first-order chi connectivity index (χ1) is 25.1. The Morgan fingerprint density at radius 1 is 0.608 bits per heavy atom. The van der Waals surface area contributed by atoms with Gasteiger partial charge in [-0.1, -0.05) is 115 Å². The molecule has 2 N–H and O–H groups in total. The van der Waals surface area contributed by atoms with Crippen molar-refractivity contribution >= 4 is 11.8 Å². The van der Waals surface area contributed by atoms with Gasteiger partial charge in [0.1, 0.15) is 18.1 Å². The van der Waals surface area contributed by atoms with Crippen molar-refractivity contribution in [2.24, 2.45) is 0 Å². The van der Waals surface area contributed by atoms with Crippen LogP contribution in [0, 0.1) is 0 Å². The standard InChI is InChI=1S/C29H32N2O4.C10H12.C6H6/c32-28-16-15-27(29(33)31-28)24-7-6-10-26(19-24)35-21-23-13-11-22(12-14-23)20-30-17-4-5-18-34-25-8-2-1-3-9-25;1-2-6-10-8-4-3-7-9(10)5-1;1-2-4-6-5-3-1/h1-3,6-14,19,27,30H,4-5,15-18,20-21H2,(H,31,32,33);1-2,5-6H,3-4,7-8H2;1-6H. The SMILES string of the molecule is O=C1CCC(c2cccc(OCc3ccc(CNCCCCOc4ccccc4)cc3)c2)C(=O)N1.c1ccc2c(c1)CCCC2.c1ccccc1. The second-order valence-corrected chi connectivity index (χ2v) is 12.9. The van der Waals surface area contributed by atoms with E-state index >= 15 is 0 Å². The molecule has 51 heavy (non-hydrogen) atoms. The number of fused-ring (bicyclic) bond motifs is 1. The minimum absolute atomic E-state index is 0.203. The lowest BCUT2D eigenvalue weighted by Gasteiger charge is -2.21. The zero-order valence-corrected chi connectivity index (χ0v) is 29.5. The fraction of sp³-hybridized carbons (Fsp3) is 0.289. The molecule has 2 aliphatic rings. The summed E-state index contributed by atoms with van der Waals surface area (Å²) < 4.78 is 11.7. The number of rotatable bonds is 12. The van der Waals surface area contributed by atoms with Crippen molar-refractivity contribution in [2.75, 3.05) is 13.2 Å². The van der Waals surface area contributed by atoms with Crippen LogP contribution in [0.2, 0.25) is 0 Å². The summed E-state index contributed by atoms with van der Waals surface area (Å²) in [6, 6.07) is 46.7. The minimum Gasteiger partial charge on any atom is -0.494 e. The summed E-state index contributed by atoms with van der Waals surface area (Å²) in [5, 5.41) is 5.90. The van der Waals surface area contributed by atoms with E-state index in [1.54, 1.807) is 11.1 Å². The number of nitrogens with one attached hydrogen (secondary N) is 2. The summed E-state index contributed by atoms with van der Waals surface area (Å²) >= 11 is 0.